The van der Waals surface area contributed by atoms with Crippen molar-refractivity contribution in [2.24, 2.45) is 0 Å². The number of nitrogens with zero attached hydrogens (tertiary/aromatic N) is 1. The Morgan fingerprint density at radius 2 is 1.61 bits per heavy atom. The molecule has 0 saturated carbocycles. The van der Waals surface area contributed by atoms with E-state index >= 15 is 0 Å². The van der Waals surface area contributed by atoms with Crippen molar-refractivity contribution in [3.05, 3.63) is 54.1 Å². The van der Waals surface area contributed by atoms with E-state index in [2.05, 4.69) is 17.6 Å². The predicted octanol–water partition coefficient (Wildman–Crippen LogP) is 4.80. The van der Waals surface area contributed by atoms with E-state index in [0.29, 0.717) is 36.7 Å². The number of nitrogens with one attached hydrogen (secondary N) is 2. The van der Waals surface area contributed by atoms with E-state index in [4.69, 9.17) is 17.0 Å². The lowest BCUT2D eigenvalue weighted by Crippen LogP contribution is -2.34. The minimum Gasteiger partial charge on any atom is -0.493 e. The first-order valence-corrected chi connectivity index (χ1v) is 13.1. The van der Waals surface area contributed by atoms with E-state index < -0.39 is 10.0 Å². The molecule has 33 heavy (non-hydrogen) atoms. The summed E-state index contributed by atoms with van der Waals surface area (Å²) in [6.07, 6.45) is 3.40. The maximum absolute atomic E-state index is 12.9. The topological polar surface area (TPSA) is 87.7 Å². The number of carbonyl (C=O) groups excluding carboxylic acids is 1. The highest BCUT2D eigenvalue weighted by molar-refractivity contribution is 7.89. The molecule has 0 spiro atoms. The number of carbonyl (C=O) groups is 1. The third-order valence-corrected chi connectivity index (χ3v) is 6.93. The highest BCUT2D eigenvalue weighted by Crippen LogP contribution is 2.20. The first kappa shape index (κ1) is 26.8. The molecule has 0 aromatic heterocycles. The fourth-order valence-electron chi connectivity index (χ4n) is 3.15. The third-order valence-electron chi connectivity index (χ3n) is 4.81. The number of rotatable bonds is 12. The second-order valence-corrected chi connectivity index (χ2v) is 9.88. The lowest BCUT2D eigenvalue weighted by Gasteiger charge is -2.21. The van der Waals surface area contributed by atoms with E-state index in [1.807, 2.05) is 19.9 Å². The number of benzene rings is 2. The van der Waals surface area contributed by atoms with Gasteiger partial charge in [-0.2, -0.15) is 4.31 Å². The molecule has 1 amide bonds. The number of anilines is 1. The Bertz CT molecular complexity index is 1020. The quantitative estimate of drug-likeness (QED) is 0.327. The number of hydrogen-bond donors (Lipinski definition) is 2. The van der Waals surface area contributed by atoms with E-state index in [0.717, 1.165) is 25.7 Å². The number of sulfonamides is 1. The zero-order chi connectivity index (χ0) is 24.3. The fraction of sp³-hybridized carbons (Fsp3) is 0.417. The predicted molar refractivity (Wildman–Crippen MR) is 136 cm³/mol. The van der Waals surface area contributed by atoms with Gasteiger partial charge in [0, 0.05) is 18.8 Å². The summed E-state index contributed by atoms with van der Waals surface area (Å²) in [5.41, 5.74) is 0.968. The van der Waals surface area contributed by atoms with Crippen LogP contribution in [-0.2, 0) is 10.0 Å². The smallest absolute Gasteiger partial charge is 0.261 e. The van der Waals surface area contributed by atoms with Gasteiger partial charge in [0.05, 0.1) is 17.1 Å². The molecule has 0 aliphatic carbocycles. The van der Waals surface area contributed by atoms with Crippen molar-refractivity contribution < 1.29 is 17.9 Å². The minimum atomic E-state index is -3.55. The van der Waals surface area contributed by atoms with Crippen molar-refractivity contribution in [3.8, 4) is 5.75 Å². The van der Waals surface area contributed by atoms with Gasteiger partial charge in [0.2, 0.25) is 10.0 Å². The van der Waals surface area contributed by atoms with Gasteiger partial charge in [-0.3, -0.25) is 10.1 Å². The van der Waals surface area contributed by atoms with E-state index in [9.17, 15) is 13.2 Å². The average Bonchev–Trinajstić information content (AvgIpc) is 2.79. The summed E-state index contributed by atoms with van der Waals surface area (Å²) in [6, 6.07) is 13.3. The highest BCUT2D eigenvalue weighted by atomic mass is 32.2. The molecule has 0 bridgehead atoms. The van der Waals surface area contributed by atoms with E-state index in [1.165, 1.54) is 16.4 Å². The van der Waals surface area contributed by atoms with E-state index in [-0.39, 0.29) is 15.9 Å². The van der Waals surface area contributed by atoms with Crippen molar-refractivity contribution in [1.29, 1.82) is 0 Å². The summed E-state index contributed by atoms with van der Waals surface area (Å²) >= 11 is 5.27. The van der Waals surface area contributed by atoms with Gasteiger partial charge in [-0.25, -0.2) is 8.42 Å². The highest BCUT2D eigenvalue weighted by Gasteiger charge is 2.23. The largest absolute Gasteiger partial charge is 0.493 e. The van der Waals surface area contributed by atoms with Crippen LogP contribution in [-0.4, -0.2) is 43.4 Å². The Labute approximate surface area is 202 Å². The second kappa shape index (κ2) is 13.3. The van der Waals surface area contributed by atoms with Crippen molar-refractivity contribution in [2.75, 3.05) is 25.0 Å². The van der Waals surface area contributed by atoms with Gasteiger partial charge >= 0.3 is 0 Å². The molecule has 2 N–H and O–H groups in total. The molecule has 0 atom stereocenters. The first-order chi connectivity index (χ1) is 15.8. The van der Waals surface area contributed by atoms with Crippen LogP contribution in [0.5, 0.6) is 5.75 Å². The van der Waals surface area contributed by atoms with Gasteiger partial charge in [-0.15, -0.1) is 0 Å². The van der Waals surface area contributed by atoms with Gasteiger partial charge in [-0.05, 0) is 67.9 Å². The normalized spacial score (nSPS) is 11.3. The van der Waals surface area contributed by atoms with Crippen molar-refractivity contribution >= 4 is 38.9 Å². The lowest BCUT2D eigenvalue weighted by atomic mass is 10.2. The summed E-state index contributed by atoms with van der Waals surface area (Å²) < 4.78 is 33.0. The third kappa shape index (κ3) is 7.80. The van der Waals surface area contributed by atoms with Crippen LogP contribution in [0.1, 0.15) is 56.8 Å². The van der Waals surface area contributed by atoms with Crippen LogP contribution < -0.4 is 15.4 Å². The van der Waals surface area contributed by atoms with Gasteiger partial charge < -0.3 is 10.1 Å². The zero-order valence-electron chi connectivity index (χ0n) is 19.5. The zero-order valence-corrected chi connectivity index (χ0v) is 21.1. The van der Waals surface area contributed by atoms with Crippen LogP contribution in [0.25, 0.3) is 0 Å². The summed E-state index contributed by atoms with van der Waals surface area (Å²) in [6.45, 7) is 7.48. The van der Waals surface area contributed by atoms with Crippen molar-refractivity contribution in [1.82, 2.24) is 9.62 Å². The molecule has 0 fully saturated rings. The minimum absolute atomic E-state index is 0.109. The standard InChI is InChI=1S/C24H33N3O4S2/c1-4-7-18-31-22-11-9-8-10-21(22)23(28)26-24(32)25-19-12-14-20(15-13-19)33(29,30)27(16-5-2)17-6-3/h8-15H,4-7,16-18H2,1-3H3,(H2,25,26,28,32). The molecule has 0 aliphatic rings. The number of para-hydroxylation sites is 1. The molecule has 0 saturated heterocycles. The maximum atomic E-state index is 12.9. The van der Waals surface area contributed by atoms with Crippen LogP contribution in [0.2, 0.25) is 0 Å². The molecule has 0 heterocycles. The van der Waals surface area contributed by atoms with Crippen LogP contribution in [0.4, 0.5) is 5.69 Å². The summed E-state index contributed by atoms with van der Waals surface area (Å²) in [4.78, 5) is 12.9. The Hall–Kier alpha value is -2.49. The molecule has 9 heteroatoms. The summed E-state index contributed by atoms with van der Waals surface area (Å²) in [5, 5.41) is 5.68. The van der Waals surface area contributed by atoms with Gasteiger partial charge in [0.15, 0.2) is 5.11 Å². The Morgan fingerprint density at radius 3 is 2.21 bits per heavy atom. The number of thiocarbonyl (C=S) groups is 1. The molecule has 2 aromatic rings. The molecule has 0 aliphatic heterocycles. The lowest BCUT2D eigenvalue weighted by molar-refractivity contribution is 0.0973. The van der Waals surface area contributed by atoms with Gasteiger partial charge in [-0.1, -0.05) is 39.3 Å². The number of amides is 1. The first-order valence-electron chi connectivity index (χ1n) is 11.3. The van der Waals surface area contributed by atoms with Crippen LogP contribution in [0, 0.1) is 0 Å². The average molecular weight is 492 g/mol. The molecule has 0 unspecified atom stereocenters. The Morgan fingerprint density at radius 1 is 0.970 bits per heavy atom. The SMILES string of the molecule is CCCCOc1ccccc1C(=O)NC(=S)Nc1ccc(S(=O)(=O)N(CCC)CCC)cc1. The molecule has 0 radical (unpaired) electrons. The number of ether oxygens (including phenoxy) is 1. The van der Waals surface area contributed by atoms with Crippen molar-refractivity contribution in [2.45, 2.75) is 51.3 Å². The Balaban J connectivity index is 2.03. The number of unbranched alkanes of at least 4 members (excludes halogenated alkanes) is 1. The molecule has 2 aromatic carbocycles. The molecular weight excluding hydrogens is 458 g/mol. The number of hydrogen-bond acceptors (Lipinski definition) is 5. The second-order valence-electron chi connectivity index (χ2n) is 7.53. The van der Waals surface area contributed by atoms with Crippen LogP contribution in [0.15, 0.2) is 53.4 Å². The molecule has 7 nitrogen and oxygen atoms in total. The summed E-state index contributed by atoms with van der Waals surface area (Å²) in [7, 11) is -3.55. The fourth-order valence-corrected chi connectivity index (χ4v) is 4.98. The maximum Gasteiger partial charge on any atom is 0.261 e. The van der Waals surface area contributed by atoms with Gasteiger partial charge in [0.1, 0.15) is 5.75 Å². The van der Waals surface area contributed by atoms with Crippen LogP contribution >= 0.6 is 12.2 Å². The molecular formula is C24H33N3O4S2. The van der Waals surface area contributed by atoms with Crippen LogP contribution in [0.3, 0.4) is 0 Å². The van der Waals surface area contributed by atoms with Crippen molar-refractivity contribution in [3.63, 3.8) is 0 Å². The molecule has 2 rings (SSSR count). The Kier molecular flexibility index (Phi) is 10.8. The monoisotopic (exact) mass is 491 g/mol. The van der Waals surface area contributed by atoms with E-state index in [1.54, 1.807) is 30.3 Å². The van der Waals surface area contributed by atoms with Gasteiger partial charge in [0.25, 0.3) is 5.91 Å². The summed E-state index contributed by atoms with van der Waals surface area (Å²) in [5.74, 6) is 0.123. The molecule has 180 valence electrons.